The number of aliphatic hydroxyl groups excluding tert-OH is 1. The number of benzene rings is 1. The number of carbonyl (C=O) groups is 1. The van der Waals surface area contributed by atoms with Crippen LogP contribution in [-0.2, 0) is 11.3 Å². The van der Waals surface area contributed by atoms with Crippen LogP contribution in [0.5, 0.6) is 0 Å². The third-order valence-corrected chi connectivity index (χ3v) is 7.07. The molecule has 0 bridgehead atoms. The van der Waals surface area contributed by atoms with E-state index >= 15 is 0 Å². The first-order valence-electron chi connectivity index (χ1n) is 11.0. The maximum absolute atomic E-state index is 13.1. The number of aliphatic hydroxyl groups is 1. The van der Waals surface area contributed by atoms with Gasteiger partial charge in [-0.3, -0.25) is 14.6 Å². The molecule has 1 saturated carbocycles. The van der Waals surface area contributed by atoms with Gasteiger partial charge in [0.25, 0.3) is 0 Å². The summed E-state index contributed by atoms with van der Waals surface area (Å²) in [6, 6.07) is 10.9. The van der Waals surface area contributed by atoms with Crippen molar-refractivity contribution in [3.05, 3.63) is 35.9 Å². The first kappa shape index (κ1) is 19.9. The number of carbonyl (C=O) groups excluding carboxylic acids is 1. The molecule has 5 nitrogen and oxygen atoms in total. The summed E-state index contributed by atoms with van der Waals surface area (Å²) < 4.78 is 0. The molecule has 2 heterocycles. The summed E-state index contributed by atoms with van der Waals surface area (Å²) >= 11 is 0. The Morgan fingerprint density at radius 1 is 1.11 bits per heavy atom. The Hall–Kier alpha value is -1.43. The predicted octanol–water partition coefficient (Wildman–Crippen LogP) is 2.35. The van der Waals surface area contributed by atoms with Crippen molar-refractivity contribution >= 4 is 5.91 Å². The molecule has 1 aromatic rings. The number of hydrogen-bond acceptors (Lipinski definition) is 4. The minimum atomic E-state index is -0.238. The average Bonchev–Trinajstić information content (AvgIpc) is 2.74. The van der Waals surface area contributed by atoms with E-state index in [0.29, 0.717) is 11.9 Å². The van der Waals surface area contributed by atoms with Crippen molar-refractivity contribution in [2.24, 2.45) is 5.92 Å². The van der Waals surface area contributed by atoms with E-state index in [4.69, 9.17) is 0 Å². The SMILES string of the molecule is CC1(CO)CN(Cc2ccccc2)CC2CN(C(=O)C3CCCCC3)CCN21. The van der Waals surface area contributed by atoms with Crippen LogP contribution in [0, 0.1) is 5.92 Å². The highest BCUT2D eigenvalue weighted by Crippen LogP contribution is 2.31. The van der Waals surface area contributed by atoms with Gasteiger partial charge >= 0.3 is 0 Å². The second-order valence-corrected chi connectivity index (χ2v) is 9.28. The van der Waals surface area contributed by atoms with Crippen LogP contribution in [0.15, 0.2) is 30.3 Å². The molecule has 2 saturated heterocycles. The van der Waals surface area contributed by atoms with E-state index in [1.54, 1.807) is 0 Å². The first-order chi connectivity index (χ1) is 13.6. The van der Waals surface area contributed by atoms with Crippen LogP contribution < -0.4 is 0 Å². The normalized spacial score (nSPS) is 30.2. The molecule has 1 aliphatic carbocycles. The maximum atomic E-state index is 13.1. The van der Waals surface area contributed by atoms with E-state index in [1.807, 2.05) is 0 Å². The Labute approximate surface area is 169 Å². The second-order valence-electron chi connectivity index (χ2n) is 9.28. The fraction of sp³-hybridized carbons (Fsp3) is 0.696. The predicted molar refractivity (Wildman–Crippen MR) is 111 cm³/mol. The zero-order chi connectivity index (χ0) is 19.6. The summed E-state index contributed by atoms with van der Waals surface area (Å²) in [5.74, 6) is 0.624. The zero-order valence-corrected chi connectivity index (χ0v) is 17.2. The molecule has 2 atom stereocenters. The minimum absolute atomic E-state index is 0.158. The molecule has 28 heavy (non-hydrogen) atoms. The van der Waals surface area contributed by atoms with Crippen molar-refractivity contribution in [3.63, 3.8) is 0 Å². The molecule has 0 radical (unpaired) electrons. The van der Waals surface area contributed by atoms with E-state index < -0.39 is 0 Å². The summed E-state index contributed by atoms with van der Waals surface area (Å²) in [7, 11) is 0. The van der Waals surface area contributed by atoms with Crippen LogP contribution in [0.25, 0.3) is 0 Å². The van der Waals surface area contributed by atoms with E-state index in [0.717, 1.165) is 52.1 Å². The highest BCUT2D eigenvalue weighted by atomic mass is 16.3. The van der Waals surface area contributed by atoms with Crippen molar-refractivity contribution in [3.8, 4) is 0 Å². The molecule has 1 amide bonds. The van der Waals surface area contributed by atoms with Crippen LogP contribution in [0.4, 0.5) is 0 Å². The molecule has 1 N–H and O–H groups in total. The highest BCUT2D eigenvalue weighted by Gasteiger charge is 2.46. The van der Waals surface area contributed by atoms with E-state index in [-0.39, 0.29) is 18.1 Å². The summed E-state index contributed by atoms with van der Waals surface area (Å²) in [6.45, 7) is 7.54. The molecule has 1 aromatic carbocycles. The number of nitrogens with zero attached hydrogens (tertiary/aromatic N) is 3. The summed E-state index contributed by atoms with van der Waals surface area (Å²) in [5.41, 5.74) is 1.07. The molecular formula is C23H35N3O2. The Bertz CT molecular complexity index is 661. The minimum Gasteiger partial charge on any atom is -0.394 e. The number of fused-ring (bicyclic) bond motifs is 1. The quantitative estimate of drug-likeness (QED) is 0.864. The fourth-order valence-electron chi connectivity index (χ4n) is 5.57. The molecule has 3 aliphatic rings. The van der Waals surface area contributed by atoms with E-state index in [9.17, 15) is 9.90 Å². The van der Waals surface area contributed by atoms with Gasteiger partial charge in [0.1, 0.15) is 0 Å². The molecule has 0 spiro atoms. The van der Waals surface area contributed by atoms with Crippen molar-refractivity contribution in [2.45, 2.75) is 57.2 Å². The molecule has 5 heteroatoms. The largest absolute Gasteiger partial charge is 0.394 e. The van der Waals surface area contributed by atoms with E-state index in [1.165, 1.54) is 24.8 Å². The number of piperazine rings is 2. The third kappa shape index (κ3) is 4.12. The number of hydrogen-bond donors (Lipinski definition) is 1. The number of rotatable bonds is 4. The van der Waals surface area contributed by atoms with Gasteiger partial charge in [0.05, 0.1) is 12.1 Å². The molecule has 2 aliphatic heterocycles. The van der Waals surface area contributed by atoms with Crippen molar-refractivity contribution in [1.82, 2.24) is 14.7 Å². The summed E-state index contributed by atoms with van der Waals surface area (Å²) in [4.78, 5) is 20.1. The lowest BCUT2D eigenvalue weighted by Crippen LogP contribution is -2.72. The van der Waals surface area contributed by atoms with Gasteiger partial charge < -0.3 is 10.0 Å². The van der Waals surface area contributed by atoms with Gasteiger partial charge in [-0.1, -0.05) is 49.6 Å². The van der Waals surface area contributed by atoms with Crippen molar-refractivity contribution in [2.75, 3.05) is 39.3 Å². The Morgan fingerprint density at radius 3 is 2.57 bits per heavy atom. The maximum Gasteiger partial charge on any atom is 0.225 e. The van der Waals surface area contributed by atoms with Gasteiger partial charge in [0.15, 0.2) is 0 Å². The highest BCUT2D eigenvalue weighted by molar-refractivity contribution is 5.79. The lowest BCUT2D eigenvalue weighted by atomic mass is 9.87. The van der Waals surface area contributed by atoms with Crippen LogP contribution in [0.3, 0.4) is 0 Å². The Balaban J connectivity index is 1.45. The molecule has 3 fully saturated rings. The van der Waals surface area contributed by atoms with Gasteiger partial charge in [-0.25, -0.2) is 0 Å². The molecule has 4 rings (SSSR count). The van der Waals surface area contributed by atoms with E-state index in [2.05, 4.69) is 52.0 Å². The van der Waals surface area contributed by atoms with Crippen LogP contribution in [0.2, 0.25) is 0 Å². The van der Waals surface area contributed by atoms with Gasteiger partial charge in [0, 0.05) is 51.2 Å². The lowest BCUT2D eigenvalue weighted by molar-refractivity contribution is -0.146. The van der Waals surface area contributed by atoms with Crippen molar-refractivity contribution < 1.29 is 9.90 Å². The van der Waals surface area contributed by atoms with Crippen molar-refractivity contribution in [1.29, 1.82) is 0 Å². The Morgan fingerprint density at radius 2 is 1.86 bits per heavy atom. The van der Waals surface area contributed by atoms with Crippen LogP contribution >= 0.6 is 0 Å². The zero-order valence-electron chi connectivity index (χ0n) is 17.2. The first-order valence-corrected chi connectivity index (χ1v) is 11.0. The second kappa shape index (κ2) is 8.52. The standard InChI is InChI=1S/C23H35N3O2/c1-23(18-27)17-24(14-19-8-4-2-5-9-19)15-21-16-25(12-13-26(21)23)22(28)20-10-6-3-7-11-20/h2,4-5,8-9,20-21,27H,3,6-7,10-18H2,1H3. The molecule has 154 valence electrons. The summed E-state index contributed by atoms with van der Waals surface area (Å²) in [6.07, 6.45) is 5.82. The average molecular weight is 386 g/mol. The smallest absolute Gasteiger partial charge is 0.225 e. The van der Waals surface area contributed by atoms with Gasteiger partial charge in [0.2, 0.25) is 5.91 Å². The van der Waals surface area contributed by atoms with Gasteiger partial charge in [-0.15, -0.1) is 0 Å². The Kier molecular flexibility index (Phi) is 6.04. The van der Waals surface area contributed by atoms with Crippen LogP contribution in [-0.4, -0.2) is 76.6 Å². The number of amides is 1. The molecule has 2 unspecified atom stereocenters. The fourth-order valence-corrected chi connectivity index (χ4v) is 5.57. The van der Waals surface area contributed by atoms with Crippen LogP contribution in [0.1, 0.15) is 44.6 Å². The topological polar surface area (TPSA) is 47.0 Å². The summed E-state index contributed by atoms with van der Waals surface area (Å²) in [5, 5.41) is 10.2. The lowest BCUT2D eigenvalue weighted by Gasteiger charge is -2.56. The molecule has 0 aromatic heterocycles. The monoisotopic (exact) mass is 385 g/mol. The third-order valence-electron chi connectivity index (χ3n) is 7.07. The van der Waals surface area contributed by atoms with Gasteiger partial charge in [-0.2, -0.15) is 0 Å². The van der Waals surface area contributed by atoms with Gasteiger partial charge in [-0.05, 0) is 25.3 Å². The molecular weight excluding hydrogens is 350 g/mol.